The van der Waals surface area contributed by atoms with Crippen LogP contribution in [0.15, 0.2) is 24.3 Å². The van der Waals surface area contributed by atoms with Crippen molar-refractivity contribution < 1.29 is 23.6 Å². The first-order valence-electron chi connectivity index (χ1n) is 4.77. The Kier molecular flexibility index (Phi) is 4.75. The van der Waals surface area contributed by atoms with Crippen LogP contribution in [-0.2, 0) is 24.3 Å². The summed E-state index contributed by atoms with van der Waals surface area (Å²) in [4.78, 5) is 11.2. The highest BCUT2D eigenvalue weighted by Crippen LogP contribution is 2.36. The second-order valence-corrected chi connectivity index (χ2v) is 3.92. The van der Waals surface area contributed by atoms with Crippen molar-refractivity contribution in [3.8, 4) is 0 Å². The number of carbonyl (C=O) groups excluding carboxylic acids is 1. The van der Waals surface area contributed by atoms with Gasteiger partial charge in [-0.05, 0) is 12.1 Å². The molecule has 0 aliphatic carbocycles. The van der Waals surface area contributed by atoms with E-state index in [0.717, 1.165) is 0 Å². The van der Waals surface area contributed by atoms with Crippen LogP contribution in [0, 0.1) is 0 Å². The summed E-state index contributed by atoms with van der Waals surface area (Å²) in [6.07, 6.45) is 0. The highest BCUT2D eigenvalue weighted by Gasteiger charge is 2.33. The Labute approximate surface area is 101 Å². The molecule has 92 valence electrons. The fraction of sp³-hybridized carbons (Fsp3) is 0.364. The van der Waals surface area contributed by atoms with Gasteiger partial charge in [0.05, 0.1) is 12.7 Å². The van der Waals surface area contributed by atoms with E-state index < -0.39 is 11.5 Å². The molecule has 0 aliphatic heterocycles. The smallest absolute Gasteiger partial charge is 0.337 e. The van der Waals surface area contributed by atoms with Crippen LogP contribution < -0.4 is 0 Å². The summed E-state index contributed by atoms with van der Waals surface area (Å²) in [6.45, 7) is 0. The number of benzene rings is 1. The van der Waals surface area contributed by atoms with Crippen LogP contribution in [0.1, 0.15) is 15.9 Å². The van der Waals surface area contributed by atoms with E-state index in [-0.39, 0.29) is 8.46 Å². The Morgan fingerprint density at radius 2 is 1.65 bits per heavy atom. The lowest BCUT2D eigenvalue weighted by Crippen LogP contribution is -2.23. The molecule has 0 radical (unpaired) electrons. The van der Waals surface area contributed by atoms with Crippen LogP contribution in [0.25, 0.3) is 0 Å². The van der Waals surface area contributed by atoms with Crippen molar-refractivity contribution in [3.05, 3.63) is 35.4 Å². The third kappa shape index (κ3) is 2.69. The van der Waals surface area contributed by atoms with Gasteiger partial charge in [0, 0.05) is 19.8 Å². The second-order valence-electron chi connectivity index (χ2n) is 3.15. The topological polar surface area (TPSA) is 61.8 Å². The zero-order valence-electron chi connectivity index (χ0n) is 9.80. The van der Waals surface area contributed by atoms with Crippen LogP contribution in [0.5, 0.6) is 0 Å². The first-order chi connectivity index (χ1) is 8.13. The van der Waals surface area contributed by atoms with Gasteiger partial charge in [0.15, 0.2) is 0 Å². The van der Waals surface area contributed by atoms with Gasteiger partial charge in [-0.1, -0.05) is 12.1 Å². The Morgan fingerprint density at radius 3 is 2.00 bits per heavy atom. The van der Waals surface area contributed by atoms with Gasteiger partial charge < -0.3 is 14.2 Å². The summed E-state index contributed by atoms with van der Waals surface area (Å²) >= 11 is 0. The molecule has 0 amide bonds. The number of carbonyl (C=O) groups is 1. The fourth-order valence-corrected chi connectivity index (χ4v) is 1.78. The molecule has 6 heteroatoms. The molecule has 0 spiro atoms. The zero-order chi connectivity index (χ0) is 12.9. The van der Waals surface area contributed by atoms with Crippen molar-refractivity contribution in [2.45, 2.75) is 5.53 Å². The van der Waals surface area contributed by atoms with Gasteiger partial charge in [0.2, 0.25) is 8.46 Å². The SMILES string of the molecule is COC(=O)c1ccc(C(OC)(OC)P=O)cc1. The van der Waals surface area contributed by atoms with Crippen LogP contribution >= 0.6 is 8.46 Å². The molecule has 0 aromatic heterocycles. The maximum Gasteiger partial charge on any atom is 0.337 e. The molecule has 1 aromatic rings. The second kappa shape index (κ2) is 5.87. The Morgan fingerprint density at radius 1 is 1.12 bits per heavy atom. The number of methoxy groups -OCH3 is 3. The maximum atomic E-state index is 11.2. The van der Waals surface area contributed by atoms with E-state index in [1.807, 2.05) is 0 Å². The minimum absolute atomic E-state index is 0.321. The molecule has 0 atom stereocenters. The number of hydrogen-bond acceptors (Lipinski definition) is 5. The largest absolute Gasteiger partial charge is 0.465 e. The van der Waals surface area contributed by atoms with Crippen molar-refractivity contribution in [2.24, 2.45) is 0 Å². The molecule has 1 rings (SSSR count). The standard InChI is InChI=1S/C11H13O5P/c1-14-10(12)8-4-6-9(7-5-8)11(15-2,16-3)17-13/h4-7H,1-3H3. The van der Waals surface area contributed by atoms with Crippen molar-refractivity contribution in [1.29, 1.82) is 0 Å². The van der Waals surface area contributed by atoms with E-state index in [4.69, 9.17) is 9.47 Å². The van der Waals surface area contributed by atoms with E-state index in [9.17, 15) is 9.36 Å². The number of ether oxygens (including phenoxy) is 3. The molecule has 0 aliphatic rings. The van der Waals surface area contributed by atoms with E-state index >= 15 is 0 Å². The van der Waals surface area contributed by atoms with E-state index in [2.05, 4.69) is 4.74 Å². The van der Waals surface area contributed by atoms with Crippen LogP contribution in [-0.4, -0.2) is 27.3 Å². The summed E-state index contributed by atoms with van der Waals surface area (Å²) in [7, 11) is 3.77. The molecule has 0 fully saturated rings. The summed E-state index contributed by atoms with van der Waals surface area (Å²) in [5.74, 6) is -0.434. The van der Waals surface area contributed by atoms with Crippen LogP contribution in [0.2, 0.25) is 0 Å². The Bertz CT molecular complexity index is 397. The molecule has 17 heavy (non-hydrogen) atoms. The normalized spacial score (nSPS) is 11.5. The lowest BCUT2D eigenvalue weighted by Gasteiger charge is -2.23. The van der Waals surface area contributed by atoms with Gasteiger partial charge >= 0.3 is 5.97 Å². The zero-order valence-corrected chi connectivity index (χ0v) is 10.7. The molecule has 5 nitrogen and oxygen atoms in total. The first-order valence-corrected chi connectivity index (χ1v) is 5.58. The van der Waals surface area contributed by atoms with Gasteiger partial charge in [0.25, 0.3) is 5.53 Å². The molecule has 1 aromatic carbocycles. The molecule has 0 saturated carbocycles. The van der Waals surface area contributed by atoms with Gasteiger partial charge in [0.1, 0.15) is 0 Å². The van der Waals surface area contributed by atoms with Crippen molar-refractivity contribution >= 4 is 14.4 Å². The average Bonchev–Trinajstić information content (AvgIpc) is 2.41. The van der Waals surface area contributed by atoms with E-state index in [0.29, 0.717) is 11.1 Å². The Hall–Kier alpha value is -1.29. The highest BCUT2D eigenvalue weighted by molar-refractivity contribution is 7.24. The number of rotatable bonds is 5. The van der Waals surface area contributed by atoms with E-state index in [1.165, 1.54) is 21.3 Å². The summed E-state index contributed by atoms with van der Waals surface area (Å²) in [6, 6.07) is 6.31. The van der Waals surface area contributed by atoms with E-state index in [1.54, 1.807) is 24.3 Å². The lowest BCUT2D eigenvalue weighted by atomic mass is 10.1. The minimum atomic E-state index is -1.34. The summed E-state index contributed by atoms with van der Waals surface area (Å²) in [5, 5.41) is 0. The van der Waals surface area contributed by atoms with Gasteiger partial charge in [-0.2, -0.15) is 0 Å². The quantitative estimate of drug-likeness (QED) is 0.459. The summed E-state index contributed by atoms with van der Waals surface area (Å²) in [5.41, 5.74) is -0.388. The van der Waals surface area contributed by atoms with Crippen molar-refractivity contribution in [3.63, 3.8) is 0 Å². The first kappa shape index (κ1) is 13.8. The average molecular weight is 256 g/mol. The molecule has 0 unspecified atom stereocenters. The summed E-state index contributed by atoms with van der Waals surface area (Å²) < 4.78 is 25.9. The number of hydrogen-bond donors (Lipinski definition) is 0. The van der Waals surface area contributed by atoms with Crippen molar-refractivity contribution in [2.75, 3.05) is 21.3 Å². The van der Waals surface area contributed by atoms with Gasteiger partial charge in [-0.25, -0.2) is 4.79 Å². The van der Waals surface area contributed by atoms with Gasteiger partial charge in [-0.3, -0.25) is 4.57 Å². The highest BCUT2D eigenvalue weighted by atomic mass is 31.1. The molecule has 0 N–H and O–H groups in total. The fourth-order valence-electron chi connectivity index (χ4n) is 1.38. The monoisotopic (exact) mass is 256 g/mol. The van der Waals surface area contributed by atoms with Gasteiger partial charge in [-0.15, -0.1) is 0 Å². The third-order valence-electron chi connectivity index (χ3n) is 2.34. The third-order valence-corrected chi connectivity index (χ3v) is 3.21. The lowest BCUT2D eigenvalue weighted by molar-refractivity contribution is -0.144. The Balaban J connectivity index is 3.08. The number of esters is 1. The van der Waals surface area contributed by atoms with Crippen LogP contribution in [0.4, 0.5) is 0 Å². The molecular weight excluding hydrogens is 243 g/mol. The maximum absolute atomic E-state index is 11.2. The predicted octanol–water partition coefficient (Wildman–Crippen LogP) is 2.17. The predicted molar refractivity (Wildman–Crippen MR) is 61.1 cm³/mol. The molecular formula is C11H13O5P. The van der Waals surface area contributed by atoms with Crippen LogP contribution in [0.3, 0.4) is 0 Å². The molecule has 0 heterocycles. The molecule has 0 saturated heterocycles. The molecule has 0 bridgehead atoms. The van der Waals surface area contributed by atoms with Crippen molar-refractivity contribution in [1.82, 2.24) is 0 Å². The minimum Gasteiger partial charge on any atom is -0.465 e.